The molecule has 0 spiro atoms. The summed E-state index contributed by atoms with van der Waals surface area (Å²) in [5, 5.41) is 6.32. The van der Waals surface area contributed by atoms with Crippen molar-refractivity contribution in [2.45, 2.75) is 6.42 Å². The van der Waals surface area contributed by atoms with Crippen LogP contribution in [0.25, 0.3) is 11.0 Å². The summed E-state index contributed by atoms with van der Waals surface area (Å²) in [7, 11) is 1.67. The van der Waals surface area contributed by atoms with Gasteiger partial charge in [0.2, 0.25) is 11.8 Å². The van der Waals surface area contributed by atoms with Gasteiger partial charge in [-0.05, 0) is 24.3 Å². The van der Waals surface area contributed by atoms with E-state index in [0.29, 0.717) is 16.7 Å². The largest absolute Gasteiger partial charge is 0.421 e. The van der Waals surface area contributed by atoms with Gasteiger partial charge in [-0.1, -0.05) is 30.3 Å². The summed E-state index contributed by atoms with van der Waals surface area (Å²) in [5.74, 6) is -1.06. The molecule has 1 saturated heterocycles. The van der Waals surface area contributed by atoms with Gasteiger partial charge in [0.25, 0.3) is 0 Å². The molecule has 1 aliphatic rings. The van der Waals surface area contributed by atoms with Crippen LogP contribution in [0.3, 0.4) is 0 Å². The number of hydrogen-bond acceptors (Lipinski definition) is 5. The van der Waals surface area contributed by atoms with Crippen molar-refractivity contribution in [3.63, 3.8) is 0 Å². The second-order valence-electron chi connectivity index (χ2n) is 6.62. The predicted molar refractivity (Wildman–Crippen MR) is 108 cm³/mol. The quantitative estimate of drug-likeness (QED) is 0.682. The molecule has 2 heterocycles. The van der Waals surface area contributed by atoms with Gasteiger partial charge < -0.3 is 20.0 Å². The Morgan fingerprint density at radius 3 is 2.50 bits per heavy atom. The Labute approximate surface area is 161 Å². The fraction of sp³-hybridized carbons (Fsp3) is 0.190. The van der Waals surface area contributed by atoms with Gasteiger partial charge >= 0.3 is 5.63 Å². The van der Waals surface area contributed by atoms with Gasteiger partial charge in [0.1, 0.15) is 5.58 Å². The molecule has 7 nitrogen and oxygen atoms in total. The van der Waals surface area contributed by atoms with Gasteiger partial charge in [-0.2, -0.15) is 0 Å². The van der Waals surface area contributed by atoms with Gasteiger partial charge in [-0.15, -0.1) is 0 Å². The summed E-state index contributed by atoms with van der Waals surface area (Å²) in [5.41, 5.74) is 1.09. The van der Waals surface area contributed by atoms with E-state index in [4.69, 9.17) is 4.42 Å². The highest BCUT2D eigenvalue weighted by Crippen LogP contribution is 2.30. The zero-order valence-electron chi connectivity index (χ0n) is 15.3. The molecule has 2 N–H and O–H groups in total. The van der Waals surface area contributed by atoms with Crippen LogP contribution < -0.4 is 21.2 Å². The molecule has 1 aromatic heterocycles. The first-order valence-corrected chi connectivity index (χ1v) is 8.98. The summed E-state index contributed by atoms with van der Waals surface area (Å²) in [6, 6.07) is 16.3. The minimum atomic E-state index is -0.638. The molecule has 4 rings (SSSR count). The molecule has 1 fully saturated rings. The van der Waals surface area contributed by atoms with Gasteiger partial charge in [-0.3, -0.25) is 9.59 Å². The number of rotatable bonds is 4. The van der Waals surface area contributed by atoms with E-state index in [2.05, 4.69) is 10.6 Å². The number of benzene rings is 2. The van der Waals surface area contributed by atoms with Crippen LogP contribution in [0.5, 0.6) is 0 Å². The van der Waals surface area contributed by atoms with Crippen molar-refractivity contribution < 1.29 is 14.0 Å². The van der Waals surface area contributed by atoms with Crippen LogP contribution in [-0.2, 0) is 9.59 Å². The first-order chi connectivity index (χ1) is 13.6. The van der Waals surface area contributed by atoms with E-state index in [1.165, 1.54) is 0 Å². The predicted octanol–water partition coefficient (Wildman–Crippen LogP) is 2.83. The van der Waals surface area contributed by atoms with Crippen molar-refractivity contribution in [1.82, 2.24) is 0 Å². The van der Waals surface area contributed by atoms with Crippen molar-refractivity contribution >= 4 is 39.8 Å². The van der Waals surface area contributed by atoms with E-state index in [0.717, 1.165) is 5.69 Å². The Bertz CT molecular complexity index is 1110. The summed E-state index contributed by atoms with van der Waals surface area (Å²) in [6.07, 6.45) is 0.0918. The fourth-order valence-corrected chi connectivity index (χ4v) is 3.49. The third kappa shape index (κ3) is 3.11. The molecule has 0 bridgehead atoms. The molecule has 0 saturated carbocycles. The Morgan fingerprint density at radius 1 is 1.04 bits per heavy atom. The molecule has 2 amide bonds. The van der Waals surface area contributed by atoms with Gasteiger partial charge in [0.15, 0.2) is 5.69 Å². The Kier molecular flexibility index (Phi) is 4.57. The summed E-state index contributed by atoms with van der Waals surface area (Å²) < 4.78 is 5.32. The topological polar surface area (TPSA) is 91.6 Å². The van der Waals surface area contributed by atoms with Crippen molar-refractivity contribution in [3.8, 4) is 0 Å². The van der Waals surface area contributed by atoms with E-state index >= 15 is 0 Å². The fourth-order valence-electron chi connectivity index (χ4n) is 3.49. The number of anilines is 3. The Hall–Kier alpha value is -3.61. The number of carbonyl (C=O) groups excluding carboxylic acids is 2. The molecule has 1 atom stereocenters. The van der Waals surface area contributed by atoms with Crippen LogP contribution in [0.15, 0.2) is 63.8 Å². The van der Waals surface area contributed by atoms with Crippen LogP contribution >= 0.6 is 0 Å². The maximum Gasteiger partial charge on any atom is 0.362 e. The molecule has 0 radical (unpaired) electrons. The lowest BCUT2D eigenvalue weighted by Crippen LogP contribution is -2.29. The Balaban J connectivity index is 1.60. The van der Waals surface area contributed by atoms with E-state index in [-0.39, 0.29) is 30.5 Å². The number of carbonyl (C=O) groups is 2. The highest BCUT2D eigenvalue weighted by Gasteiger charge is 2.35. The second kappa shape index (κ2) is 7.19. The lowest BCUT2D eigenvalue weighted by atomic mass is 10.1. The average molecular weight is 377 g/mol. The lowest BCUT2D eigenvalue weighted by Gasteiger charge is -2.17. The van der Waals surface area contributed by atoms with Gasteiger partial charge in [0, 0.05) is 31.1 Å². The number of nitrogens with one attached hydrogen (secondary N) is 2. The zero-order valence-corrected chi connectivity index (χ0v) is 15.3. The van der Waals surface area contributed by atoms with Gasteiger partial charge in [-0.25, -0.2) is 4.79 Å². The molecule has 7 heteroatoms. The normalized spacial score (nSPS) is 16.4. The number of amides is 2. The molecule has 3 aromatic rings. The SMILES string of the molecule is CNc1c(NC(=O)[C@@H]2CC(=O)N(c3ccccc3)C2)c(=O)oc2ccccc12. The lowest BCUT2D eigenvalue weighted by molar-refractivity contribution is -0.122. The number of nitrogens with zero attached hydrogens (tertiary/aromatic N) is 1. The first-order valence-electron chi connectivity index (χ1n) is 8.98. The zero-order chi connectivity index (χ0) is 19.7. The van der Waals surface area contributed by atoms with Gasteiger partial charge in [0.05, 0.1) is 11.6 Å². The average Bonchev–Trinajstić information content (AvgIpc) is 3.11. The van der Waals surface area contributed by atoms with E-state index < -0.39 is 11.5 Å². The molecule has 2 aromatic carbocycles. The molecule has 142 valence electrons. The molecule has 1 aliphatic heterocycles. The maximum atomic E-state index is 12.8. The summed E-state index contributed by atoms with van der Waals surface area (Å²) in [4.78, 5) is 39.2. The number of fused-ring (bicyclic) bond motifs is 1. The van der Waals surface area contributed by atoms with Crippen molar-refractivity contribution in [1.29, 1.82) is 0 Å². The number of para-hydroxylation sites is 2. The maximum absolute atomic E-state index is 12.8. The highest BCUT2D eigenvalue weighted by molar-refractivity contribution is 6.06. The second-order valence-corrected chi connectivity index (χ2v) is 6.62. The monoisotopic (exact) mass is 377 g/mol. The first kappa shape index (κ1) is 17.8. The molecular formula is C21H19N3O4. The minimum Gasteiger partial charge on any atom is -0.421 e. The van der Waals surface area contributed by atoms with Crippen LogP contribution in [0.4, 0.5) is 17.1 Å². The highest BCUT2D eigenvalue weighted by atomic mass is 16.4. The van der Waals surface area contributed by atoms with Crippen molar-refractivity contribution in [3.05, 3.63) is 65.0 Å². The minimum absolute atomic E-state index is 0.0526. The van der Waals surface area contributed by atoms with Crippen LogP contribution in [0.1, 0.15) is 6.42 Å². The number of hydrogen-bond donors (Lipinski definition) is 2. The van der Waals surface area contributed by atoms with Crippen LogP contribution in [-0.4, -0.2) is 25.4 Å². The third-order valence-corrected chi connectivity index (χ3v) is 4.88. The van der Waals surface area contributed by atoms with E-state index in [9.17, 15) is 14.4 Å². The van der Waals surface area contributed by atoms with E-state index in [1.54, 1.807) is 30.1 Å². The van der Waals surface area contributed by atoms with Crippen molar-refractivity contribution in [2.24, 2.45) is 5.92 Å². The van der Waals surface area contributed by atoms with Crippen LogP contribution in [0, 0.1) is 5.92 Å². The van der Waals surface area contributed by atoms with E-state index in [1.807, 2.05) is 36.4 Å². The molecular weight excluding hydrogens is 358 g/mol. The molecule has 0 aliphatic carbocycles. The third-order valence-electron chi connectivity index (χ3n) is 4.88. The van der Waals surface area contributed by atoms with Crippen LogP contribution in [0.2, 0.25) is 0 Å². The summed E-state index contributed by atoms with van der Waals surface area (Å²) in [6.45, 7) is 0.266. The Morgan fingerprint density at radius 2 is 1.75 bits per heavy atom. The standard InChI is InChI=1S/C21H19N3O4/c1-22-18-15-9-5-6-10-16(15)28-21(27)19(18)23-20(26)13-11-17(25)24(12-13)14-7-3-2-4-8-14/h2-10,13,22H,11-12H2,1H3,(H,23,26)/t13-/m1/s1. The van der Waals surface area contributed by atoms with Crippen molar-refractivity contribution in [2.75, 3.05) is 29.1 Å². The molecule has 28 heavy (non-hydrogen) atoms. The summed E-state index contributed by atoms with van der Waals surface area (Å²) >= 11 is 0. The smallest absolute Gasteiger partial charge is 0.362 e. The molecule has 0 unspecified atom stereocenters.